The maximum absolute atomic E-state index is 10.7. The maximum atomic E-state index is 10.7. The maximum Gasteiger partial charge on any atom is 0.341 e. The minimum absolute atomic E-state index is 0.316. The van der Waals surface area contributed by atoms with Crippen molar-refractivity contribution >= 4 is 22.9 Å². The van der Waals surface area contributed by atoms with Crippen LogP contribution in [-0.2, 0) is 11.4 Å². The third-order valence-electron chi connectivity index (χ3n) is 4.48. The van der Waals surface area contributed by atoms with E-state index >= 15 is 0 Å². The van der Waals surface area contributed by atoms with Gasteiger partial charge in [0.1, 0.15) is 23.1 Å². The quantitative estimate of drug-likeness (QED) is 0.369. The van der Waals surface area contributed by atoms with Gasteiger partial charge in [-0.1, -0.05) is 61.2 Å². The van der Waals surface area contributed by atoms with Crippen LogP contribution >= 0.6 is 11.3 Å². The number of hydrogen-bond donors (Lipinski definition) is 1. The Hall–Kier alpha value is -3.64. The van der Waals surface area contributed by atoms with E-state index in [0.717, 1.165) is 32.3 Å². The van der Waals surface area contributed by atoms with E-state index in [1.54, 1.807) is 29.5 Å². The van der Waals surface area contributed by atoms with E-state index in [1.807, 2.05) is 56.3 Å². The largest absolute Gasteiger partial charge is 0.486 e. The number of aliphatic carboxylic acids is 1. The number of ether oxygens (including phenoxy) is 2. The van der Waals surface area contributed by atoms with Gasteiger partial charge in [-0.2, -0.15) is 0 Å². The van der Waals surface area contributed by atoms with Crippen LogP contribution < -0.4 is 9.47 Å². The Balaban J connectivity index is 1.84. The van der Waals surface area contributed by atoms with Crippen molar-refractivity contribution in [2.75, 3.05) is 6.61 Å². The van der Waals surface area contributed by atoms with Gasteiger partial charge in [-0.3, -0.25) is 0 Å². The molecular formula is C26H25NO4S. The van der Waals surface area contributed by atoms with Crippen LogP contribution in [0.2, 0.25) is 0 Å². The van der Waals surface area contributed by atoms with Crippen molar-refractivity contribution in [1.29, 1.82) is 0 Å². The van der Waals surface area contributed by atoms with Gasteiger partial charge in [-0.15, -0.1) is 11.3 Å². The number of benzene rings is 2. The van der Waals surface area contributed by atoms with Crippen LogP contribution in [0.5, 0.6) is 11.5 Å². The molecule has 164 valence electrons. The van der Waals surface area contributed by atoms with Crippen molar-refractivity contribution in [3.05, 3.63) is 95.7 Å². The van der Waals surface area contributed by atoms with Gasteiger partial charge in [0.15, 0.2) is 6.61 Å². The van der Waals surface area contributed by atoms with Gasteiger partial charge in [0.05, 0.1) is 10.6 Å². The second kappa shape index (κ2) is 11.1. The van der Waals surface area contributed by atoms with Crippen molar-refractivity contribution in [2.45, 2.75) is 20.5 Å². The monoisotopic (exact) mass is 447 g/mol. The summed E-state index contributed by atoms with van der Waals surface area (Å²) in [5.41, 5.74) is 3.78. The average Bonchev–Trinajstić information content (AvgIpc) is 3.21. The predicted octanol–water partition coefficient (Wildman–Crippen LogP) is 6.31. The zero-order valence-corrected chi connectivity index (χ0v) is 18.9. The van der Waals surface area contributed by atoms with Crippen molar-refractivity contribution < 1.29 is 19.4 Å². The van der Waals surface area contributed by atoms with Crippen molar-refractivity contribution in [3.8, 4) is 21.9 Å². The lowest BCUT2D eigenvalue weighted by Gasteiger charge is -2.09. The number of carboxylic acid groups (broad SMARTS) is 1. The highest BCUT2D eigenvalue weighted by Gasteiger charge is 2.16. The number of aryl methyl sites for hydroxylation is 1. The number of carboxylic acids is 1. The second-order valence-electron chi connectivity index (χ2n) is 6.91. The predicted molar refractivity (Wildman–Crippen MR) is 129 cm³/mol. The van der Waals surface area contributed by atoms with E-state index in [-0.39, 0.29) is 6.61 Å². The van der Waals surface area contributed by atoms with Gasteiger partial charge >= 0.3 is 5.97 Å². The highest BCUT2D eigenvalue weighted by molar-refractivity contribution is 7.15. The van der Waals surface area contributed by atoms with Crippen molar-refractivity contribution in [2.24, 2.45) is 0 Å². The normalized spacial score (nSPS) is 11.5. The summed E-state index contributed by atoms with van der Waals surface area (Å²) in [6.07, 6.45) is 7.71. The molecule has 0 bridgehead atoms. The average molecular weight is 448 g/mol. The molecule has 0 radical (unpaired) electrons. The van der Waals surface area contributed by atoms with Crippen LogP contribution in [0.4, 0.5) is 0 Å². The van der Waals surface area contributed by atoms with Crippen molar-refractivity contribution in [1.82, 2.24) is 4.98 Å². The Morgan fingerprint density at radius 3 is 2.62 bits per heavy atom. The molecule has 2 aromatic carbocycles. The van der Waals surface area contributed by atoms with E-state index in [4.69, 9.17) is 19.6 Å². The van der Waals surface area contributed by atoms with Gasteiger partial charge in [-0.05, 0) is 43.2 Å². The van der Waals surface area contributed by atoms with Crippen LogP contribution in [0.1, 0.15) is 23.2 Å². The molecule has 5 nitrogen and oxygen atoms in total. The number of nitrogens with zero attached hydrogens (tertiary/aromatic N) is 1. The van der Waals surface area contributed by atoms with Crippen LogP contribution in [0, 0.1) is 6.92 Å². The molecule has 32 heavy (non-hydrogen) atoms. The highest BCUT2D eigenvalue weighted by atomic mass is 32.1. The van der Waals surface area contributed by atoms with Crippen LogP contribution in [0.15, 0.2) is 79.4 Å². The van der Waals surface area contributed by atoms with Crippen LogP contribution in [0.25, 0.3) is 16.0 Å². The SMILES string of the molecule is C=C/C=C(\C=C/C)c1nc(COc2ccc(OCC(=O)O)c(C)c2)sc1-c1ccccc1. The zero-order chi connectivity index (χ0) is 22.9. The molecule has 0 spiro atoms. The molecule has 0 fully saturated rings. The molecule has 1 heterocycles. The Labute approximate surface area is 192 Å². The summed E-state index contributed by atoms with van der Waals surface area (Å²) in [7, 11) is 0. The number of hydrogen-bond acceptors (Lipinski definition) is 5. The van der Waals surface area contributed by atoms with Crippen LogP contribution in [-0.4, -0.2) is 22.7 Å². The minimum atomic E-state index is -1.01. The lowest BCUT2D eigenvalue weighted by molar-refractivity contribution is -0.139. The third kappa shape index (κ3) is 5.95. The summed E-state index contributed by atoms with van der Waals surface area (Å²) >= 11 is 1.60. The lowest BCUT2D eigenvalue weighted by Crippen LogP contribution is -2.10. The third-order valence-corrected chi connectivity index (χ3v) is 5.56. The number of allylic oxidation sites excluding steroid dienone is 5. The Morgan fingerprint density at radius 1 is 1.19 bits per heavy atom. The minimum Gasteiger partial charge on any atom is -0.486 e. The van der Waals surface area contributed by atoms with Crippen LogP contribution in [0.3, 0.4) is 0 Å². The molecule has 3 aromatic rings. The standard InChI is InChI=1S/C26H25NO4S/c1-4-9-19(10-5-2)25-26(20-11-7-6-8-12-20)32-23(27-25)16-30-21-13-14-22(18(3)15-21)31-17-24(28)29/h4-15H,1,16-17H2,2-3H3,(H,28,29)/b10-5-,19-9+. The second-order valence-corrected chi connectivity index (χ2v) is 7.99. The first-order valence-corrected chi connectivity index (χ1v) is 10.9. The first-order chi connectivity index (χ1) is 15.5. The Kier molecular flexibility index (Phi) is 8.00. The highest BCUT2D eigenvalue weighted by Crippen LogP contribution is 2.35. The van der Waals surface area contributed by atoms with Gasteiger partial charge in [-0.25, -0.2) is 9.78 Å². The summed E-state index contributed by atoms with van der Waals surface area (Å²) in [5, 5.41) is 9.62. The fraction of sp³-hybridized carbons (Fsp3) is 0.154. The number of thiazole rings is 1. The molecule has 3 rings (SSSR count). The van der Waals surface area contributed by atoms with Gasteiger partial charge in [0.2, 0.25) is 0 Å². The van der Waals surface area contributed by atoms with Gasteiger partial charge in [0.25, 0.3) is 0 Å². The lowest BCUT2D eigenvalue weighted by atomic mass is 10.1. The first kappa shape index (κ1) is 23.0. The molecule has 0 saturated carbocycles. The summed E-state index contributed by atoms with van der Waals surface area (Å²) in [6.45, 7) is 7.59. The number of aromatic nitrogens is 1. The van der Waals surface area contributed by atoms with E-state index < -0.39 is 5.97 Å². The summed E-state index contributed by atoms with van der Waals surface area (Å²) in [5.74, 6) is 0.174. The molecule has 0 atom stereocenters. The Bertz CT molecular complexity index is 1150. The topological polar surface area (TPSA) is 68.7 Å². The molecule has 0 aliphatic carbocycles. The van der Waals surface area contributed by atoms with E-state index in [2.05, 4.69) is 18.7 Å². The van der Waals surface area contributed by atoms with E-state index in [1.165, 1.54) is 0 Å². The number of rotatable bonds is 10. The van der Waals surface area contributed by atoms with Gasteiger partial charge < -0.3 is 14.6 Å². The first-order valence-electron chi connectivity index (χ1n) is 10.1. The van der Waals surface area contributed by atoms with Gasteiger partial charge in [0, 0.05) is 5.57 Å². The molecule has 0 aliphatic heterocycles. The molecule has 6 heteroatoms. The molecule has 1 aromatic heterocycles. The molecule has 0 unspecified atom stereocenters. The molecule has 0 saturated heterocycles. The smallest absolute Gasteiger partial charge is 0.341 e. The molecule has 0 aliphatic rings. The van der Waals surface area contributed by atoms with Crippen molar-refractivity contribution in [3.63, 3.8) is 0 Å². The van der Waals surface area contributed by atoms with E-state index in [9.17, 15) is 4.79 Å². The summed E-state index contributed by atoms with van der Waals surface area (Å²) in [6, 6.07) is 15.5. The summed E-state index contributed by atoms with van der Waals surface area (Å²) in [4.78, 5) is 16.6. The Morgan fingerprint density at radius 2 is 1.97 bits per heavy atom. The van der Waals surface area contributed by atoms with E-state index in [0.29, 0.717) is 18.1 Å². The molecular weight excluding hydrogens is 422 g/mol. The molecule has 1 N–H and O–H groups in total. The fourth-order valence-electron chi connectivity index (χ4n) is 3.09. The molecule has 0 amide bonds. The number of carbonyl (C=O) groups is 1. The zero-order valence-electron chi connectivity index (χ0n) is 18.1. The fourth-order valence-corrected chi connectivity index (χ4v) is 4.09. The summed E-state index contributed by atoms with van der Waals surface area (Å²) < 4.78 is 11.2.